The minimum Gasteiger partial charge on any atom is -0.135 e. The lowest BCUT2D eigenvalue weighted by molar-refractivity contribution is 1.48. The monoisotopic (exact) mass is 161 g/mol. The number of hydrogen-bond donors (Lipinski definition) is 0. The Morgan fingerprint density at radius 1 is 1.27 bits per heavy atom. The van der Waals surface area contributed by atoms with E-state index in [0.717, 1.165) is 10.1 Å². The van der Waals surface area contributed by atoms with Gasteiger partial charge in [0.1, 0.15) is 0 Å². The second-order valence-corrected chi connectivity index (χ2v) is 3.13. The van der Waals surface area contributed by atoms with Crippen molar-refractivity contribution in [3.8, 4) is 0 Å². The molecule has 1 heterocycles. The molecule has 0 aliphatic rings. The van der Waals surface area contributed by atoms with Gasteiger partial charge in [0.05, 0.1) is 10.8 Å². The minimum atomic E-state index is 0.658. The molecular weight excluding hydrogens is 156 g/mol. The first kappa shape index (κ1) is 6.32. The molecule has 0 radical (unpaired) electrons. The third kappa shape index (κ3) is 0.883. The predicted molar refractivity (Wildman–Crippen MR) is 46.6 cm³/mol. The largest absolute Gasteiger partial charge is 0.403 e. The van der Waals surface area contributed by atoms with Crippen molar-refractivity contribution < 1.29 is 0 Å². The predicted octanol–water partition coefficient (Wildman–Crippen LogP) is 3.39. The number of nitrogens with zero attached hydrogens (tertiary/aromatic N) is 2. The maximum Gasteiger partial charge on any atom is 0.403 e. The number of fused-ring (bicyclic) bond motifs is 1. The van der Waals surface area contributed by atoms with Gasteiger partial charge in [0.15, 0.2) is 4.98 Å². The van der Waals surface area contributed by atoms with Gasteiger partial charge in [-0.25, -0.2) is 0 Å². The van der Waals surface area contributed by atoms with Crippen LogP contribution in [0, 0.1) is 5.39 Å². The zero-order chi connectivity index (χ0) is 7.68. The first-order valence-corrected chi connectivity index (χ1v) is 4.11. The van der Waals surface area contributed by atoms with Crippen LogP contribution in [0.5, 0.6) is 0 Å². The Balaban J connectivity index is 2.89. The highest BCUT2D eigenvalue weighted by Gasteiger charge is 2.11. The highest BCUT2D eigenvalue weighted by Crippen LogP contribution is 2.31. The summed E-state index contributed by atoms with van der Waals surface area (Å²) >= 11 is 1.58. The van der Waals surface area contributed by atoms with E-state index in [1.807, 2.05) is 29.6 Å². The normalized spacial score (nSPS) is 9.73. The van der Waals surface area contributed by atoms with Crippen molar-refractivity contribution >= 4 is 27.1 Å². The summed E-state index contributed by atoms with van der Waals surface area (Å²) in [4.78, 5) is 3.17. The highest BCUT2D eigenvalue weighted by molar-refractivity contribution is 7.17. The Kier molecular flexibility index (Phi) is 1.34. The molecule has 0 saturated carbocycles. The Bertz CT molecular complexity index is 425. The number of thiophene rings is 1. The number of hydrogen-bond acceptors (Lipinski definition) is 2. The summed E-state index contributed by atoms with van der Waals surface area (Å²) in [7, 11) is 0. The van der Waals surface area contributed by atoms with Gasteiger partial charge in [-0.3, -0.25) is 0 Å². The second-order valence-electron chi connectivity index (χ2n) is 2.22. The molecule has 52 valence electrons. The van der Waals surface area contributed by atoms with E-state index < -0.39 is 0 Å². The van der Waals surface area contributed by atoms with Crippen LogP contribution in [0.1, 0.15) is 0 Å². The van der Waals surface area contributed by atoms with E-state index in [4.69, 9.17) is 5.39 Å². The van der Waals surface area contributed by atoms with Gasteiger partial charge in [0.2, 0.25) is 5.39 Å². The molecule has 0 saturated heterocycles. The molecule has 1 aromatic heterocycles. The summed E-state index contributed by atoms with van der Waals surface area (Å²) < 4.78 is 1.15. The first-order valence-electron chi connectivity index (χ1n) is 3.23. The van der Waals surface area contributed by atoms with Crippen LogP contribution < -0.4 is 0 Å². The van der Waals surface area contributed by atoms with Gasteiger partial charge in [-0.15, -0.1) is 11.3 Å². The van der Waals surface area contributed by atoms with Crippen molar-refractivity contribution in [1.82, 2.24) is 0 Å². The zero-order valence-corrected chi connectivity index (χ0v) is 6.51. The van der Waals surface area contributed by atoms with Crippen LogP contribution >= 0.6 is 11.3 Å². The first-order chi connectivity index (χ1) is 5.42. The molecule has 2 nitrogen and oxygen atoms in total. The van der Waals surface area contributed by atoms with Gasteiger partial charge < -0.3 is 0 Å². The fourth-order valence-electron chi connectivity index (χ4n) is 1.04. The second kappa shape index (κ2) is 2.33. The summed E-state index contributed by atoms with van der Waals surface area (Å²) in [6.45, 7) is 0. The molecule has 2 aromatic rings. The van der Waals surface area contributed by atoms with E-state index in [1.54, 1.807) is 11.3 Å². The van der Waals surface area contributed by atoms with Gasteiger partial charge in [0.25, 0.3) is 0 Å². The number of benzene rings is 1. The average Bonchev–Trinajstić information content (AvgIpc) is 2.47. The molecule has 0 amide bonds. The lowest BCUT2D eigenvalue weighted by Crippen LogP contribution is -1.58. The Hall–Kier alpha value is -1.40. The van der Waals surface area contributed by atoms with Crippen LogP contribution in [0.15, 0.2) is 29.6 Å². The third-order valence-electron chi connectivity index (χ3n) is 1.57. The van der Waals surface area contributed by atoms with E-state index >= 15 is 0 Å². The maximum atomic E-state index is 8.56. The Labute approximate surface area is 67.7 Å². The summed E-state index contributed by atoms with van der Waals surface area (Å²) in [5.74, 6) is 0. The summed E-state index contributed by atoms with van der Waals surface area (Å²) in [5.41, 5.74) is 0.658. The Morgan fingerprint density at radius 3 is 2.91 bits per heavy atom. The SMILES string of the molecule is N#[N+]c1csc2ccccc12. The Morgan fingerprint density at radius 2 is 2.09 bits per heavy atom. The summed E-state index contributed by atoms with van der Waals surface area (Å²) in [5, 5.41) is 11.4. The van der Waals surface area contributed by atoms with Crippen LogP contribution in [0.3, 0.4) is 0 Å². The standard InChI is InChI=1S/C8H5N2S/c9-10-7-5-11-8-4-2-1-3-6(7)8/h1-5H/q+1. The van der Waals surface area contributed by atoms with Crippen LogP contribution in [0.2, 0.25) is 0 Å². The third-order valence-corrected chi connectivity index (χ3v) is 2.52. The van der Waals surface area contributed by atoms with E-state index in [-0.39, 0.29) is 0 Å². The molecule has 3 heteroatoms. The van der Waals surface area contributed by atoms with Crippen molar-refractivity contribution in [2.45, 2.75) is 0 Å². The lowest BCUT2D eigenvalue weighted by Gasteiger charge is -1.80. The lowest BCUT2D eigenvalue weighted by atomic mass is 10.2. The topological polar surface area (TPSA) is 28.1 Å². The van der Waals surface area contributed by atoms with E-state index in [2.05, 4.69) is 4.98 Å². The van der Waals surface area contributed by atoms with E-state index in [9.17, 15) is 0 Å². The van der Waals surface area contributed by atoms with Crippen LogP contribution in [-0.2, 0) is 0 Å². The van der Waals surface area contributed by atoms with Crippen LogP contribution in [0.4, 0.5) is 5.69 Å². The fourth-order valence-corrected chi connectivity index (χ4v) is 1.91. The van der Waals surface area contributed by atoms with Gasteiger partial charge >= 0.3 is 5.69 Å². The molecule has 0 unspecified atom stereocenters. The molecule has 0 aliphatic carbocycles. The smallest absolute Gasteiger partial charge is 0.135 e. The van der Waals surface area contributed by atoms with Gasteiger partial charge in [-0.05, 0) is 12.1 Å². The highest BCUT2D eigenvalue weighted by atomic mass is 32.1. The maximum absolute atomic E-state index is 8.56. The van der Waals surface area contributed by atoms with Crippen LogP contribution in [0.25, 0.3) is 15.1 Å². The molecular formula is C8H5N2S+. The molecule has 0 aliphatic heterocycles. The molecule has 0 atom stereocenters. The molecule has 0 N–H and O–H groups in total. The summed E-state index contributed by atoms with van der Waals surface area (Å²) in [6, 6.07) is 7.86. The molecule has 0 spiro atoms. The van der Waals surface area contributed by atoms with E-state index in [1.165, 1.54) is 0 Å². The number of rotatable bonds is 0. The average molecular weight is 161 g/mol. The summed E-state index contributed by atoms with van der Waals surface area (Å²) in [6.07, 6.45) is 0. The van der Waals surface area contributed by atoms with Crippen molar-refractivity contribution in [2.24, 2.45) is 0 Å². The van der Waals surface area contributed by atoms with Gasteiger partial charge in [-0.2, -0.15) is 0 Å². The molecule has 11 heavy (non-hydrogen) atoms. The van der Waals surface area contributed by atoms with Gasteiger partial charge in [0, 0.05) is 4.70 Å². The van der Waals surface area contributed by atoms with Crippen molar-refractivity contribution in [2.75, 3.05) is 0 Å². The fraction of sp³-hybridized carbons (Fsp3) is 0. The molecule has 0 fully saturated rings. The van der Waals surface area contributed by atoms with Crippen molar-refractivity contribution in [3.05, 3.63) is 34.6 Å². The quantitative estimate of drug-likeness (QED) is 0.544. The molecule has 2 rings (SSSR count). The van der Waals surface area contributed by atoms with E-state index in [0.29, 0.717) is 5.69 Å². The molecule has 0 bridgehead atoms. The molecule has 1 aromatic carbocycles. The number of diazo groups is 1. The van der Waals surface area contributed by atoms with Crippen molar-refractivity contribution in [3.63, 3.8) is 0 Å². The van der Waals surface area contributed by atoms with Gasteiger partial charge in [-0.1, -0.05) is 12.1 Å². The minimum absolute atomic E-state index is 0.658. The zero-order valence-electron chi connectivity index (χ0n) is 5.69. The van der Waals surface area contributed by atoms with Crippen LogP contribution in [-0.4, -0.2) is 0 Å². The van der Waals surface area contributed by atoms with Crippen molar-refractivity contribution in [1.29, 1.82) is 5.39 Å².